The second-order valence-electron chi connectivity index (χ2n) is 3.31. The van der Waals surface area contributed by atoms with Crippen molar-refractivity contribution in [3.8, 4) is 0 Å². The molecule has 1 aromatic heterocycles. The maximum atomic E-state index is 11.6. The van der Waals surface area contributed by atoms with Crippen LogP contribution in [0.15, 0.2) is 9.72 Å². The number of aromatic nitrogens is 1. The van der Waals surface area contributed by atoms with E-state index >= 15 is 0 Å². The molecule has 0 aliphatic heterocycles. The summed E-state index contributed by atoms with van der Waals surface area (Å²) in [6.07, 6.45) is 0.972. The molecule has 5 heteroatoms. The first-order valence-electron chi connectivity index (χ1n) is 5.00. The quantitative estimate of drug-likeness (QED) is 0.809. The minimum absolute atomic E-state index is 0.0675. The molecule has 1 rings (SSSR count). The van der Waals surface area contributed by atoms with Crippen LogP contribution >= 0.6 is 23.1 Å². The third-order valence-corrected chi connectivity index (χ3v) is 3.98. The number of rotatable bonds is 5. The molecule has 0 aliphatic carbocycles. The van der Waals surface area contributed by atoms with Crippen LogP contribution < -0.4 is 5.32 Å². The lowest BCUT2D eigenvalue weighted by atomic mass is 10.4. The van der Waals surface area contributed by atoms with Crippen molar-refractivity contribution in [2.75, 3.05) is 6.54 Å². The molecule has 0 saturated carbocycles. The summed E-state index contributed by atoms with van der Waals surface area (Å²) in [4.78, 5) is 15.9. The van der Waals surface area contributed by atoms with Gasteiger partial charge in [0.15, 0.2) is 4.34 Å². The maximum Gasteiger partial charge on any atom is 0.233 e. The number of carbonyl (C=O) groups is 1. The molecule has 1 N–H and O–H groups in total. The van der Waals surface area contributed by atoms with E-state index < -0.39 is 0 Å². The van der Waals surface area contributed by atoms with Crippen LogP contribution in [0.1, 0.15) is 26.0 Å². The number of amides is 1. The minimum atomic E-state index is -0.0675. The van der Waals surface area contributed by atoms with E-state index in [0.29, 0.717) is 0 Å². The van der Waals surface area contributed by atoms with Crippen molar-refractivity contribution in [1.82, 2.24) is 10.3 Å². The van der Waals surface area contributed by atoms with Crippen LogP contribution in [0, 0.1) is 6.92 Å². The van der Waals surface area contributed by atoms with Crippen LogP contribution in [0.5, 0.6) is 0 Å². The second-order valence-corrected chi connectivity index (χ2v) is 5.75. The molecule has 3 nitrogen and oxygen atoms in total. The first kappa shape index (κ1) is 12.5. The van der Waals surface area contributed by atoms with Gasteiger partial charge in [-0.15, -0.1) is 11.3 Å². The van der Waals surface area contributed by atoms with Gasteiger partial charge in [-0.05, 0) is 20.3 Å². The Kier molecular flexibility index (Phi) is 5.11. The summed E-state index contributed by atoms with van der Waals surface area (Å²) in [5.74, 6) is 0.0923. The molecule has 0 aliphatic rings. The van der Waals surface area contributed by atoms with Gasteiger partial charge in [-0.1, -0.05) is 18.7 Å². The molecular weight excluding hydrogens is 228 g/mol. The Balaban J connectivity index is 2.41. The predicted molar refractivity (Wildman–Crippen MR) is 65.5 cm³/mol. The number of hydrogen-bond acceptors (Lipinski definition) is 4. The van der Waals surface area contributed by atoms with Crippen LogP contribution in [0.25, 0.3) is 0 Å². The van der Waals surface area contributed by atoms with Gasteiger partial charge in [-0.2, -0.15) is 0 Å². The molecule has 0 unspecified atom stereocenters. The van der Waals surface area contributed by atoms with E-state index in [2.05, 4.69) is 10.3 Å². The molecule has 1 atom stereocenters. The Bertz CT molecular complexity index is 325. The number of nitrogens with one attached hydrogen (secondary N) is 1. The molecule has 0 radical (unpaired) electrons. The highest BCUT2D eigenvalue weighted by atomic mass is 32.2. The molecule has 0 fully saturated rings. The lowest BCUT2D eigenvalue weighted by Gasteiger charge is -2.09. The van der Waals surface area contributed by atoms with Crippen molar-refractivity contribution in [2.45, 2.75) is 36.8 Å². The summed E-state index contributed by atoms with van der Waals surface area (Å²) in [5.41, 5.74) is 1.02. The van der Waals surface area contributed by atoms with Crippen LogP contribution in [-0.4, -0.2) is 22.7 Å². The highest BCUT2D eigenvalue weighted by molar-refractivity contribution is 8.02. The standard InChI is InChI=1S/C10H16N2OS2/c1-4-5-11-9(13)8(3)15-10-12-7(2)6-14-10/h6,8H,4-5H2,1-3H3,(H,11,13)/t8-/m1/s1. The van der Waals surface area contributed by atoms with Crippen molar-refractivity contribution in [3.63, 3.8) is 0 Å². The molecule has 1 amide bonds. The summed E-state index contributed by atoms with van der Waals surface area (Å²) in [5, 5.41) is 4.81. The van der Waals surface area contributed by atoms with Gasteiger partial charge >= 0.3 is 0 Å². The molecule has 0 bridgehead atoms. The van der Waals surface area contributed by atoms with Gasteiger partial charge in [0, 0.05) is 17.6 Å². The number of hydrogen-bond donors (Lipinski definition) is 1. The first-order valence-corrected chi connectivity index (χ1v) is 6.76. The number of aryl methyl sites for hydroxylation is 1. The summed E-state index contributed by atoms with van der Waals surface area (Å²) in [6.45, 7) is 6.66. The van der Waals surface area contributed by atoms with E-state index in [4.69, 9.17) is 0 Å². The molecule has 15 heavy (non-hydrogen) atoms. The van der Waals surface area contributed by atoms with Gasteiger partial charge in [0.1, 0.15) is 0 Å². The molecule has 1 heterocycles. The Labute approximate surface area is 98.7 Å². The average Bonchev–Trinajstić information content (AvgIpc) is 2.60. The van der Waals surface area contributed by atoms with Crippen LogP contribution in [0.3, 0.4) is 0 Å². The van der Waals surface area contributed by atoms with Crippen molar-refractivity contribution in [3.05, 3.63) is 11.1 Å². The molecular formula is C10H16N2OS2. The third-order valence-electron chi connectivity index (χ3n) is 1.79. The minimum Gasteiger partial charge on any atom is -0.355 e. The summed E-state index contributed by atoms with van der Waals surface area (Å²) in [6, 6.07) is 0. The van der Waals surface area contributed by atoms with Gasteiger partial charge in [0.05, 0.1) is 5.25 Å². The average molecular weight is 244 g/mol. The Hall–Kier alpha value is -0.550. The highest BCUT2D eigenvalue weighted by Crippen LogP contribution is 2.26. The smallest absolute Gasteiger partial charge is 0.233 e. The van der Waals surface area contributed by atoms with Gasteiger partial charge in [0.2, 0.25) is 5.91 Å². The van der Waals surface area contributed by atoms with Gasteiger partial charge in [-0.25, -0.2) is 4.98 Å². The normalized spacial score (nSPS) is 12.5. The number of carbonyl (C=O) groups excluding carboxylic acids is 1. The second kappa shape index (κ2) is 6.12. The van der Waals surface area contributed by atoms with Crippen LogP contribution in [0.2, 0.25) is 0 Å². The fourth-order valence-electron chi connectivity index (χ4n) is 0.983. The van der Waals surface area contributed by atoms with Gasteiger partial charge in [-0.3, -0.25) is 4.79 Å². The molecule has 0 aromatic carbocycles. The van der Waals surface area contributed by atoms with E-state index in [-0.39, 0.29) is 11.2 Å². The SMILES string of the molecule is CCCNC(=O)[C@@H](C)Sc1nc(C)cs1. The lowest BCUT2D eigenvalue weighted by Crippen LogP contribution is -2.31. The fourth-order valence-corrected chi connectivity index (χ4v) is 2.99. The fraction of sp³-hybridized carbons (Fsp3) is 0.600. The first-order chi connectivity index (χ1) is 7.13. The van der Waals surface area contributed by atoms with E-state index in [1.54, 1.807) is 11.3 Å². The zero-order chi connectivity index (χ0) is 11.3. The van der Waals surface area contributed by atoms with Crippen LogP contribution in [-0.2, 0) is 4.79 Å². The molecule has 84 valence electrons. The Morgan fingerprint density at radius 2 is 2.47 bits per heavy atom. The van der Waals surface area contributed by atoms with Gasteiger partial charge in [0.25, 0.3) is 0 Å². The lowest BCUT2D eigenvalue weighted by molar-refractivity contribution is -0.120. The Morgan fingerprint density at radius 1 is 1.73 bits per heavy atom. The van der Waals surface area contributed by atoms with Crippen molar-refractivity contribution in [1.29, 1.82) is 0 Å². The van der Waals surface area contributed by atoms with E-state index in [0.717, 1.165) is 23.0 Å². The predicted octanol–water partition coefficient (Wildman–Crippen LogP) is 2.46. The monoisotopic (exact) mass is 244 g/mol. The van der Waals surface area contributed by atoms with E-state index in [1.807, 2.05) is 26.2 Å². The zero-order valence-corrected chi connectivity index (χ0v) is 10.9. The number of thioether (sulfide) groups is 1. The summed E-state index contributed by atoms with van der Waals surface area (Å²) < 4.78 is 0.964. The number of thiazole rings is 1. The van der Waals surface area contributed by atoms with Crippen molar-refractivity contribution >= 4 is 29.0 Å². The van der Waals surface area contributed by atoms with Gasteiger partial charge < -0.3 is 5.32 Å². The van der Waals surface area contributed by atoms with Crippen molar-refractivity contribution < 1.29 is 4.79 Å². The topological polar surface area (TPSA) is 42.0 Å². The molecule has 0 saturated heterocycles. The molecule has 0 spiro atoms. The number of nitrogens with zero attached hydrogens (tertiary/aromatic N) is 1. The maximum absolute atomic E-state index is 11.6. The summed E-state index contributed by atoms with van der Waals surface area (Å²) in [7, 11) is 0. The zero-order valence-electron chi connectivity index (χ0n) is 9.24. The molecule has 1 aromatic rings. The van der Waals surface area contributed by atoms with E-state index in [9.17, 15) is 4.79 Å². The van der Waals surface area contributed by atoms with Crippen molar-refractivity contribution in [2.24, 2.45) is 0 Å². The summed E-state index contributed by atoms with van der Waals surface area (Å²) >= 11 is 3.11. The van der Waals surface area contributed by atoms with E-state index in [1.165, 1.54) is 11.8 Å². The van der Waals surface area contributed by atoms with Crippen LogP contribution in [0.4, 0.5) is 0 Å². The third kappa shape index (κ3) is 4.22. The highest BCUT2D eigenvalue weighted by Gasteiger charge is 2.14. The Morgan fingerprint density at radius 3 is 3.00 bits per heavy atom. The largest absolute Gasteiger partial charge is 0.355 e.